The van der Waals surface area contributed by atoms with E-state index < -0.39 is 0 Å². The molecular weight excluding hydrogens is 256 g/mol. The van der Waals surface area contributed by atoms with E-state index in [9.17, 15) is 4.79 Å². The smallest absolute Gasteiger partial charge is 0.162 e. The van der Waals surface area contributed by atoms with Crippen LogP contribution in [0.1, 0.15) is 88.1 Å². The molecule has 1 heteroatoms. The first-order valence-electron chi connectivity index (χ1n) is 8.66. The van der Waals surface area contributed by atoms with Crippen molar-refractivity contribution in [3.05, 3.63) is 35.4 Å². The minimum Gasteiger partial charge on any atom is -0.294 e. The highest BCUT2D eigenvalue weighted by molar-refractivity contribution is 5.96. The van der Waals surface area contributed by atoms with Gasteiger partial charge in [-0.2, -0.15) is 0 Å². The molecule has 0 N–H and O–H groups in total. The zero-order chi connectivity index (χ0) is 15.3. The lowest BCUT2D eigenvalue weighted by Crippen LogP contribution is -2.15. The zero-order valence-electron chi connectivity index (χ0n) is 14.0. The summed E-state index contributed by atoms with van der Waals surface area (Å²) in [4.78, 5) is 12.3. The summed E-state index contributed by atoms with van der Waals surface area (Å²) < 4.78 is 0. The van der Waals surface area contributed by atoms with Crippen LogP contribution in [0.4, 0.5) is 0 Å². The van der Waals surface area contributed by atoms with Crippen molar-refractivity contribution in [3.8, 4) is 0 Å². The second-order valence-electron chi connectivity index (χ2n) is 7.28. The first-order chi connectivity index (χ1) is 10.0. The van der Waals surface area contributed by atoms with Gasteiger partial charge in [-0.25, -0.2) is 0 Å². The van der Waals surface area contributed by atoms with Gasteiger partial charge in [0.2, 0.25) is 0 Å². The fourth-order valence-corrected chi connectivity index (χ4v) is 3.27. The van der Waals surface area contributed by atoms with Gasteiger partial charge < -0.3 is 0 Å². The Morgan fingerprint density at radius 1 is 1.10 bits per heavy atom. The second-order valence-corrected chi connectivity index (χ2v) is 7.28. The summed E-state index contributed by atoms with van der Waals surface area (Å²) in [5, 5.41) is 0. The molecule has 0 aromatic heterocycles. The van der Waals surface area contributed by atoms with Gasteiger partial charge in [0.15, 0.2) is 5.78 Å². The minimum atomic E-state index is 0.198. The van der Waals surface area contributed by atoms with Crippen LogP contribution in [0.5, 0.6) is 0 Å². The summed E-state index contributed by atoms with van der Waals surface area (Å²) in [6, 6.07) is 8.32. The fourth-order valence-electron chi connectivity index (χ4n) is 3.27. The van der Waals surface area contributed by atoms with Gasteiger partial charge in [0.05, 0.1) is 0 Å². The Bertz CT molecular complexity index is 449. The van der Waals surface area contributed by atoms with Crippen molar-refractivity contribution in [2.45, 2.75) is 77.6 Å². The van der Waals surface area contributed by atoms with Gasteiger partial charge in [0.25, 0.3) is 0 Å². The van der Waals surface area contributed by atoms with Crippen LogP contribution in [0.3, 0.4) is 0 Å². The molecule has 2 rings (SSSR count). The van der Waals surface area contributed by atoms with Crippen LogP contribution in [0, 0.1) is 5.92 Å². The molecule has 0 bridgehead atoms. The first-order valence-corrected chi connectivity index (χ1v) is 8.66. The normalized spacial score (nSPS) is 16.9. The summed E-state index contributed by atoms with van der Waals surface area (Å²) in [6.45, 7) is 6.73. The molecule has 1 aromatic carbocycles. The number of hydrogen-bond acceptors (Lipinski definition) is 1. The predicted octanol–water partition coefficient (Wildman–Crippen LogP) is 5.92. The third-order valence-electron chi connectivity index (χ3n) is 5.38. The molecule has 0 aliphatic heterocycles. The van der Waals surface area contributed by atoms with E-state index in [1.807, 2.05) is 12.1 Å². The van der Waals surface area contributed by atoms with E-state index in [0.717, 1.165) is 30.7 Å². The number of benzene rings is 1. The lowest BCUT2D eigenvalue weighted by Gasteiger charge is -2.23. The number of hydrogen-bond donors (Lipinski definition) is 0. The molecule has 1 aliphatic carbocycles. The Labute approximate surface area is 130 Å². The van der Waals surface area contributed by atoms with Crippen molar-refractivity contribution < 1.29 is 4.79 Å². The summed E-state index contributed by atoms with van der Waals surface area (Å²) in [6.07, 6.45) is 9.69. The number of carbonyl (C=O) groups excluding carboxylic acids is 1. The quantitative estimate of drug-likeness (QED) is 0.593. The van der Waals surface area contributed by atoms with Crippen molar-refractivity contribution in [1.29, 1.82) is 0 Å². The van der Waals surface area contributed by atoms with Crippen LogP contribution in [-0.2, 0) is 5.41 Å². The highest BCUT2D eigenvalue weighted by Crippen LogP contribution is 2.29. The van der Waals surface area contributed by atoms with E-state index >= 15 is 0 Å². The maximum Gasteiger partial charge on any atom is 0.162 e. The molecule has 116 valence electrons. The van der Waals surface area contributed by atoms with Crippen molar-refractivity contribution in [2.24, 2.45) is 5.92 Å². The molecule has 0 saturated heterocycles. The van der Waals surface area contributed by atoms with E-state index in [2.05, 4.69) is 32.9 Å². The van der Waals surface area contributed by atoms with Crippen molar-refractivity contribution in [2.75, 3.05) is 0 Å². The van der Waals surface area contributed by atoms with Gasteiger partial charge in [-0.05, 0) is 29.7 Å². The third-order valence-corrected chi connectivity index (χ3v) is 5.38. The van der Waals surface area contributed by atoms with Gasteiger partial charge >= 0.3 is 0 Å². The Morgan fingerprint density at radius 2 is 1.71 bits per heavy atom. The number of carbonyl (C=O) groups is 1. The van der Waals surface area contributed by atoms with Crippen LogP contribution in [-0.4, -0.2) is 5.78 Å². The van der Waals surface area contributed by atoms with Gasteiger partial charge in [-0.1, -0.05) is 77.1 Å². The molecular formula is C20H30O. The fraction of sp³-hybridized carbons (Fsp3) is 0.650. The Balaban J connectivity index is 1.90. The monoisotopic (exact) mass is 286 g/mol. The van der Waals surface area contributed by atoms with Crippen LogP contribution >= 0.6 is 0 Å². The molecule has 1 aromatic rings. The van der Waals surface area contributed by atoms with Crippen molar-refractivity contribution in [3.63, 3.8) is 0 Å². The average Bonchev–Trinajstić information content (AvgIpc) is 2.53. The molecule has 0 heterocycles. The average molecular weight is 286 g/mol. The minimum absolute atomic E-state index is 0.198. The SMILES string of the molecule is CCC(C)(C)c1ccc(C(=O)CCC2CCCCC2)cc1. The summed E-state index contributed by atoms with van der Waals surface area (Å²) >= 11 is 0. The van der Waals surface area contributed by atoms with Crippen LogP contribution < -0.4 is 0 Å². The molecule has 1 saturated carbocycles. The second kappa shape index (κ2) is 7.24. The lowest BCUT2D eigenvalue weighted by atomic mass is 9.81. The molecule has 1 fully saturated rings. The summed E-state index contributed by atoms with van der Waals surface area (Å²) in [5.74, 6) is 1.11. The molecule has 21 heavy (non-hydrogen) atoms. The van der Waals surface area contributed by atoms with Gasteiger partial charge in [-0.15, -0.1) is 0 Å². The van der Waals surface area contributed by atoms with Gasteiger partial charge in [-0.3, -0.25) is 4.79 Å². The molecule has 0 unspecified atom stereocenters. The van der Waals surface area contributed by atoms with E-state index in [4.69, 9.17) is 0 Å². The molecule has 0 spiro atoms. The van der Waals surface area contributed by atoms with Crippen molar-refractivity contribution >= 4 is 5.78 Å². The van der Waals surface area contributed by atoms with E-state index in [-0.39, 0.29) is 5.41 Å². The number of ketones is 1. The number of rotatable bonds is 6. The highest BCUT2D eigenvalue weighted by atomic mass is 16.1. The molecule has 0 amide bonds. The van der Waals surface area contributed by atoms with Crippen LogP contribution in [0.15, 0.2) is 24.3 Å². The van der Waals surface area contributed by atoms with E-state index in [0.29, 0.717) is 5.78 Å². The number of Topliss-reactive ketones (excluding diaryl/α,β-unsaturated/α-hetero) is 1. The van der Waals surface area contributed by atoms with Crippen LogP contribution in [0.2, 0.25) is 0 Å². The van der Waals surface area contributed by atoms with E-state index in [1.165, 1.54) is 37.7 Å². The standard InChI is InChI=1S/C20H30O/c1-4-20(2,3)18-13-11-17(12-14-18)19(21)15-10-16-8-6-5-7-9-16/h11-14,16H,4-10,15H2,1-3H3. The maximum atomic E-state index is 12.3. The highest BCUT2D eigenvalue weighted by Gasteiger charge is 2.19. The zero-order valence-corrected chi connectivity index (χ0v) is 14.0. The first kappa shape index (κ1) is 16.3. The molecule has 1 nitrogen and oxygen atoms in total. The third kappa shape index (κ3) is 4.43. The summed E-state index contributed by atoms with van der Waals surface area (Å²) in [5.41, 5.74) is 2.42. The molecule has 1 aliphatic rings. The van der Waals surface area contributed by atoms with Crippen molar-refractivity contribution in [1.82, 2.24) is 0 Å². The molecule has 0 radical (unpaired) electrons. The van der Waals surface area contributed by atoms with E-state index in [1.54, 1.807) is 0 Å². The van der Waals surface area contributed by atoms with Gasteiger partial charge in [0, 0.05) is 12.0 Å². The Kier molecular flexibility index (Phi) is 5.61. The maximum absolute atomic E-state index is 12.3. The molecule has 0 atom stereocenters. The Hall–Kier alpha value is -1.11. The summed E-state index contributed by atoms with van der Waals surface area (Å²) in [7, 11) is 0. The largest absolute Gasteiger partial charge is 0.294 e. The Morgan fingerprint density at radius 3 is 2.29 bits per heavy atom. The van der Waals surface area contributed by atoms with Crippen LogP contribution in [0.25, 0.3) is 0 Å². The topological polar surface area (TPSA) is 17.1 Å². The van der Waals surface area contributed by atoms with Gasteiger partial charge in [0.1, 0.15) is 0 Å². The lowest BCUT2D eigenvalue weighted by molar-refractivity contribution is 0.0970. The predicted molar refractivity (Wildman–Crippen MR) is 89.9 cm³/mol.